The average molecular weight is 439 g/mol. The van der Waals surface area contributed by atoms with Gasteiger partial charge in [-0.2, -0.15) is 5.10 Å². The minimum atomic E-state index is -0.765. The summed E-state index contributed by atoms with van der Waals surface area (Å²) in [4.78, 5) is 37.4. The van der Waals surface area contributed by atoms with Crippen LogP contribution in [0.2, 0.25) is 0 Å². The number of hydrogen-bond donors (Lipinski definition) is 4. The first-order valence-corrected chi connectivity index (χ1v) is 11.2. The van der Waals surface area contributed by atoms with Crippen molar-refractivity contribution in [2.24, 2.45) is 5.92 Å². The van der Waals surface area contributed by atoms with E-state index >= 15 is 0 Å². The largest absolute Gasteiger partial charge is 0.345 e. The van der Waals surface area contributed by atoms with E-state index in [1.54, 1.807) is 13.0 Å². The van der Waals surface area contributed by atoms with Crippen molar-refractivity contribution in [3.05, 3.63) is 47.7 Å². The van der Waals surface area contributed by atoms with Gasteiger partial charge in [-0.3, -0.25) is 19.7 Å². The Morgan fingerprint density at radius 2 is 2.00 bits per heavy atom. The number of fused-ring (bicyclic) bond motifs is 1. The molecule has 2 aromatic rings. The number of anilines is 1. The molecule has 0 bridgehead atoms. The number of benzene rings is 1. The Kier molecular flexibility index (Phi) is 6.55. The van der Waals surface area contributed by atoms with E-state index in [0.717, 1.165) is 32.1 Å². The number of carbonyl (C=O) groups is 3. The van der Waals surface area contributed by atoms with Crippen LogP contribution in [-0.4, -0.2) is 39.6 Å². The van der Waals surface area contributed by atoms with Crippen LogP contribution in [0.1, 0.15) is 50.2 Å². The zero-order valence-electron chi connectivity index (χ0n) is 18.4. The highest BCUT2D eigenvalue weighted by Gasteiger charge is 2.40. The fraction of sp³-hybridized carbons (Fsp3) is 0.478. The van der Waals surface area contributed by atoms with E-state index in [1.165, 1.54) is 10.2 Å². The van der Waals surface area contributed by atoms with Crippen LogP contribution >= 0.6 is 0 Å². The second kappa shape index (κ2) is 9.52. The molecule has 32 heavy (non-hydrogen) atoms. The number of nitrogens with one attached hydrogen (secondary N) is 4. The molecule has 0 spiro atoms. The molecule has 1 aromatic carbocycles. The van der Waals surface area contributed by atoms with Gasteiger partial charge in [-0.25, -0.2) is 4.68 Å². The van der Waals surface area contributed by atoms with Gasteiger partial charge in [-0.05, 0) is 45.1 Å². The summed E-state index contributed by atoms with van der Waals surface area (Å²) in [7, 11) is 0. The lowest BCUT2D eigenvalue weighted by atomic mass is 10.0. The number of carbonyl (C=O) groups excluding carboxylic acids is 3. The Morgan fingerprint density at radius 3 is 2.78 bits per heavy atom. The Hall–Kier alpha value is -3.20. The van der Waals surface area contributed by atoms with Gasteiger partial charge >= 0.3 is 11.8 Å². The third kappa shape index (κ3) is 4.99. The molecule has 9 heteroatoms. The molecule has 170 valence electrons. The fourth-order valence-corrected chi connectivity index (χ4v) is 4.46. The number of hydrogen-bond acceptors (Lipinski definition) is 5. The summed E-state index contributed by atoms with van der Waals surface area (Å²) in [6.07, 6.45) is 3.78. The maximum atomic E-state index is 12.5. The summed E-state index contributed by atoms with van der Waals surface area (Å²) in [6, 6.07) is 11.6. The third-order valence-corrected chi connectivity index (χ3v) is 6.14. The number of nitrogens with zero attached hydrogens (tertiary/aromatic N) is 2. The molecule has 9 nitrogen and oxygen atoms in total. The summed E-state index contributed by atoms with van der Waals surface area (Å²) in [5, 5.41) is 16.1. The fourth-order valence-electron chi connectivity index (χ4n) is 4.46. The molecule has 2 aliphatic rings. The number of amides is 3. The first-order chi connectivity index (χ1) is 15.4. The lowest BCUT2D eigenvalue weighted by molar-refractivity contribution is -0.136. The summed E-state index contributed by atoms with van der Waals surface area (Å²) < 4.78 is 1.52. The van der Waals surface area contributed by atoms with Gasteiger partial charge in [-0.15, -0.1) is 0 Å². The topological polar surface area (TPSA) is 117 Å². The lowest BCUT2D eigenvalue weighted by Crippen LogP contribution is -2.57. The van der Waals surface area contributed by atoms with E-state index in [1.807, 2.05) is 37.3 Å². The number of aromatic nitrogens is 2. The molecule has 2 fully saturated rings. The molecule has 2 heterocycles. The van der Waals surface area contributed by atoms with Gasteiger partial charge in [0, 0.05) is 18.2 Å². The van der Waals surface area contributed by atoms with Crippen LogP contribution in [0.25, 0.3) is 0 Å². The highest BCUT2D eigenvalue weighted by Crippen LogP contribution is 2.30. The minimum absolute atomic E-state index is 0.00772. The van der Waals surface area contributed by atoms with Crippen LogP contribution in [0, 0.1) is 12.8 Å². The lowest BCUT2D eigenvalue weighted by Gasteiger charge is -2.34. The molecular formula is C23H30N6O3. The smallest absolute Gasteiger partial charge is 0.314 e. The van der Waals surface area contributed by atoms with Crippen LogP contribution in [0.4, 0.5) is 5.82 Å². The van der Waals surface area contributed by atoms with Crippen LogP contribution in [0.15, 0.2) is 36.4 Å². The SMILES string of the molecule is Cc1cc(NC(=O)C(=O)NC(C)CCc2ccccc2)n(C2NC(=O)C3CCCC3N2)n1. The van der Waals surface area contributed by atoms with Crippen LogP contribution < -0.4 is 21.3 Å². The second-order valence-corrected chi connectivity index (χ2v) is 8.69. The van der Waals surface area contributed by atoms with Crippen LogP contribution in [-0.2, 0) is 20.8 Å². The maximum absolute atomic E-state index is 12.5. The van der Waals surface area contributed by atoms with Crippen molar-refractivity contribution in [1.29, 1.82) is 0 Å². The highest BCUT2D eigenvalue weighted by atomic mass is 16.2. The Balaban J connectivity index is 1.35. The van der Waals surface area contributed by atoms with E-state index < -0.39 is 18.1 Å². The van der Waals surface area contributed by atoms with Gasteiger partial charge in [0.25, 0.3) is 0 Å². The van der Waals surface area contributed by atoms with Gasteiger partial charge in [-0.1, -0.05) is 36.8 Å². The number of aryl methyl sites for hydroxylation is 2. The van der Waals surface area contributed by atoms with Crippen molar-refractivity contribution >= 4 is 23.5 Å². The molecular weight excluding hydrogens is 408 g/mol. The monoisotopic (exact) mass is 438 g/mol. The van der Waals surface area contributed by atoms with Gasteiger partial charge in [0.05, 0.1) is 11.6 Å². The van der Waals surface area contributed by atoms with Gasteiger partial charge in [0.2, 0.25) is 5.91 Å². The molecule has 1 saturated carbocycles. The summed E-state index contributed by atoms with van der Waals surface area (Å²) in [5.41, 5.74) is 1.85. The average Bonchev–Trinajstić information content (AvgIpc) is 3.39. The normalized spacial score (nSPS) is 23.2. The number of rotatable bonds is 6. The summed E-state index contributed by atoms with van der Waals surface area (Å²) >= 11 is 0. The quantitative estimate of drug-likeness (QED) is 0.511. The maximum Gasteiger partial charge on any atom is 0.314 e. The van der Waals surface area contributed by atoms with E-state index in [2.05, 4.69) is 26.4 Å². The van der Waals surface area contributed by atoms with Crippen molar-refractivity contribution in [2.75, 3.05) is 5.32 Å². The van der Waals surface area contributed by atoms with Crippen molar-refractivity contribution in [2.45, 2.75) is 64.3 Å². The molecule has 4 rings (SSSR count). The minimum Gasteiger partial charge on any atom is -0.345 e. The molecule has 4 unspecified atom stereocenters. The first-order valence-electron chi connectivity index (χ1n) is 11.2. The standard InChI is InChI=1S/C23H30N6O3/c1-14(11-12-16-7-4-3-5-8-16)24-21(31)22(32)26-19-13-15(2)28-29(19)23-25-18-10-6-9-17(18)20(30)27-23/h3-5,7-8,13-14,17-18,23,25H,6,9-12H2,1-2H3,(H,24,31)(H,26,32)(H,27,30). The van der Waals surface area contributed by atoms with Gasteiger partial charge in [0.15, 0.2) is 6.29 Å². The Bertz CT molecular complexity index is 989. The second-order valence-electron chi connectivity index (χ2n) is 8.69. The zero-order chi connectivity index (χ0) is 22.7. The van der Waals surface area contributed by atoms with Gasteiger partial charge < -0.3 is 16.0 Å². The molecule has 4 N–H and O–H groups in total. The summed E-state index contributed by atoms with van der Waals surface area (Å²) in [6.45, 7) is 3.67. The molecule has 1 aliphatic carbocycles. The van der Waals surface area contributed by atoms with E-state index in [0.29, 0.717) is 11.5 Å². The summed E-state index contributed by atoms with van der Waals surface area (Å²) in [5.74, 6) is -1.14. The predicted octanol–water partition coefficient (Wildman–Crippen LogP) is 1.61. The third-order valence-electron chi connectivity index (χ3n) is 6.14. The van der Waals surface area contributed by atoms with Crippen molar-refractivity contribution < 1.29 is 14.4 Å². The van der Waals surface area contributed by atoms with Crippen LogP contribution in [0.3, 0.4) is 0 Å². The Labute approximate surface area is 187 Å². The molecule has 1 aromatic heterocycles. The first kappa shape index (κ1) is 22.0. The van der Waals surface area contributed by atoms with Crippen molar-refractivity contribution in [3.63, 3.8) is 0 Å². The molecule has 1 aliphatic heterocycles. The highest BCUT2D eigenvalue weighted by molar-refractivity contribution is 6.39. The van der Waals surface area contributed by atoms with Crippen molar-refractivity contribution in [1.82, 2.24) is 25.7 Å². The Morgan fingerprint density at radius 1 is 1.22 bits per heavy atom. The zero-order valence-corrected chi connectivity index (χ0v) is 18.4. The molecule has 0 radical (unpaired) electrons. The van der Waals surface area contributed by atoms with E-state index in [4.69, 9.17) is 0 Å². The van der Waals surface area contributed by atoms with E-state index in [9.17, 15) is 14.4 Å². The molecule has 4 atom stereocenters. The predicted molar refractivity (Wildman–Crippen MR) is 119 cm³/mol. The molecule has 3 amide bonds. The van der Waals surface area contributed by atoms with Crippen LogP contribution in [0.5, 0.6) is 0 Å². The van der Waals surface area contributed by atoms with Gasteiger partial charge in [0.1, 0.15) is 5.82 Å². The van der Waals surface area contributed by atoms with E-state index in [-0.39, 0.29) is 23.9 Å². The molecule has 1 saturated heterocycles. The van der Waals surface area contributed by atoms with Crippen molar-refractivity contribution in [3.8, 4) is 0 Å².